The average Bonchev–Trinajstić information content (AvgIpc) is 2.43. The summed E-state index contributed by atoms with van der Waals surface area (Å²) >= 11 is 0. The summed E-state index contributed by atoms with van der Waals surface area (Å²) in [5.41, 5.74) is 7.75. The van der Waals surface area contributed by atoms with Crippen molar-refractivity contribution in [3.05, 3.63) is 23.3 Å². The molecule has 1 aromatic carbocycles. The molecular formula is C14H22N2O3S. The molecule has 0 amide bonds. The molecule has 0 aliphatic carbocycles. The summed E-state index contributed by atoms with van der Waals surface area (Å²) in [5.74, 6) is 0. The minimum absolute atomic E-state index is 0.103. The second-order valence-electron chi connectivity index (χ2n) is 5.18. The van der Waals surface area contributed by atoms with Crippen LogP contribution in [0.5, 0.6) is 0 Å². The van der Waals surface area contributed by atoms with Gasteiger partial charge in [0.1, 0.15) is 0 Å². The Morgan fingerprint density at radius 2 is 2.10 bits per heavy atom. The molecule has 5 nitrogen and oxygen atoms in total. The molecule has 6 heteroatoms. The van der Waals surface area contributed by atoms with Crippen LogP contribution in [0.25, 0.3) is 0 Å². The summed E-state index contributed by atoms with van der Waals surface area (Å²) in [6.45, 7) is 6.83. The summed E-state index contributed by atoms with van der Waals surface area (Å²) in [6, 6.07) is 3.41. The van der Waals surface area contributed by atoms with Gasteiger partial charge in [0.2, 0.25) is 10.0 Å². The van der Waals surface area contributed by atoms with Crippen LogP contribution in [0.3, 0.4) is 0 Å². The van der Waals surface area contributed by atoms with Crippen molar-refractivity contribution >= 4 is 15.7 Å². The minimum Gasteiger partial charge on any atom is -0.398 e. The van der Waals surface area contributed by atoms with Crippen molar-refractivity contribution in [2.75, 3.05) is 25.5 Å². The van der Waals surface area contributed by atoms with Gasteiger partial charge in [-0.1, -0.05) is 13.0 Å². The zero-order valence-corrected chi connectivity index (χ0v) is 13.0. The Morgan fingerprint density at radius 1 is 1.40 bits per heavy atom. The van der Waals surface area contributed by atoms with Gasteiger partial charge < -0.3 is 10.5 Å². The molecule has 1 aliphatic rings. The van der Waals surface area contributed by atoms with Crippen LogP contribution in [0.1, 0.15) is 24.5 Å². The molecule has 20 heavy (non-hydrogen) atoms. The number of nitrogens with two attached hydrogens (primary N) is 1. The van der Waals surface area contributed by atoms with Gasteiger partial charge in [0.15, 0.2) is 0 Å². The summed E-state index contributed by atoms with van der Waals surface area (Å²) in [4.78, 5) is 0.345. The second-order valence-corrected chi connectivity index (χ2v) is 7.01. The summed E-state index contributed by atoms with van der Waals surface area (Å²) in [7, 11) is -3.53. The van der Waals surface area contributed by atoms with Crippen LogP contribution < -0.4 is 5.73 Å². The molecule has 2 rings (SSSR count). The number of anilines is 1. The largest absolute Gasteiger partial charge is 0.398 e. The molecule has 1 aliphatic heterocycles. The van der Waals surface area contributed by atoms with E-state index in [-0.39, 0.29) is 6.04 Å². The third kappa shape index (κ3) is 2.55. The lowest BCUT2D eigenvalue weighted by atomic mass is 10.1. The third-order valence-electron chi connectivity index (χ3n) is 3.86. The molecule has 0 saturated carbocycles. The molecule has 0 bridgehead atoms. The van der Waals surface area contributed by atoms with Gasteiger partial charge in [0.05, 0.1) is 18.1 Å². The number of aryl methyl sites for hydroxylation is 1. The van der Waals surface area contributed by atoms with Crippen LogP contribution in [0, 0.1) is 13.8 Å². The van der Waals surface area contributed by atoms with Crippen LogP contribution in [-0.2, 0) is 14.8 Å². The summed E-state index contributed by atoms with van der Waals surface area (Å²) in [6.07, 6.45) is 0.736. The summed E-state index contributed by atoms with van der Waals surface area (Å²) in [5, 5.41) is 0. The smallest absolute Gasteiger partial charge is 0.244 e. The van der Waals surface area contributed by atoms with E-state index in [1.54, 1.807) is 30.3 Å². The van der Waals surface area contributed by atoms with Gasteiger partial charge in [-0.05, 0) is 37.5 Å². The Balaban J connectivity index is 2.52. The molecule has 0 spiro atoms. The number of morpholine rings is 1. The molecule has 1 unspecified atom stereocenters. The Kier molecular flexibility index (Phi) is 4.36. The van der Waals surface area contributed by atoms with E-state index >= 15 is 0 Å². The van der Waals surface area contributed by atoms with Crippen LogP contribution >= 0.6 is 0 Å². The van der Waals surface area contributed by atoms with Gasteiger partial charge in [-0.3, -0.25) is 0 Å². The highest BCUT2D eigenvalue weighted by Gasteiger charge is 2.35. The molecule has 1 atom stereocenters. The van der Waals surface area contributed by atoms with E-state index in [2.05, 4.69) is 0 Å². The second kappa shape index (κ2) is 5.71. The number of hydrogen-bond donors (Lipinski definition) is 1. The third-order valence-corrected chi connectivity index (χ3v) is 6.10. The van der Waals surface area contributed by atoms with E-state index in [1.807, 2.05) is 6.92 Å². The predicted molar refractivity (Wildman–Crippen MR) is 79.1 cm³/mol. The Morgan fingerprint density at radius 3 is 2.75 bits per heavy atom. The maximum absolute atomic E-state index is 13.0. The van der Waals surface area contributed by atoms with Crippen molar-refractivity contribution in [1.82, 2.24) is 4.31 Å². The standard InChI is InChI=1S/C14H22N2O3S/c1-4-12-9-19-8-7-16(12)20(17,18)14-10(2)5-6-13(15)11(14)3/h5-6,12H,4,7-9,15H2,1-3H3. The molecule has 112 valence electrons. The van der Waals surface area contributed by atoms with Gasteiger partial charge in [0.25, 0.3) is 0 Å². The first-order valence-corrected chi connectivity index (χ1v) is 8.28. The van der Waals surface area contributed by atoms with Crippen LogP contribution in [0.4, 0.5) is 5.69 Å². The van der Waals surface area contributed by atoms with E-state index in [0.29, 0.717) is 35.9 Å². The fourth-order valence-corrected chi connectivity index (χ4v) is 4.77. The predicted octanol–water partition coefficient (Wildman–Crippen LogP) is 1.69. The Hall–Kier alpha value is -1.11. The number of nitrogens with zero attached hydrogens (tertiary/aromatic N) is 1. The van der Waals surface area contributed by atoms with Crippen molar-refractivity contribution in [3.8, 4) is 0 Å². The highest BCUT2D eigenvalue weighted by atomic mass is 32.2. The number of hydrogen-bond acceptors (Lipinski definition) is 4. The Labute approximate surface area is 120 Å². The van der Waals surface area contributed by atoms with E-state index < -0.39 is 10.0 Å². The number of nitrogen functional groups attached to an aromatic ring is 1. The number of benzene rings is 1. The molecule has 0 aromatic heterocycles. The van der Waals surface area contributed by atoms with E-state index in [0.717, 1.165) is 12.0 Å². The van der Waals surface area contributed by atoms with Crippen molar-refractivity contribution in [3.63, 3.8) is 0 Å². The number of ether oxygens (including phenoxy) is 1. The lowest BCUT2D eigenvalue weighted by Gasteiger charge is -2.34. The van der Waals surface area contributed by atoms with Gasteiger partial charge in [-0.2, -0.15) is 4.31 Å². The van der Waals surface area contributed by atoms with Crippen molar-refractivity contribution < 1.29 is 13.2 Å². The molecule has 0 radical (unpaired) electrons. The molecule has 1 saturated heterocycles. The molecule has 1 heterocycles. The topological polar surface area (TPSA) is 72.6 Å². The van der Waals surface area contributed by atoms with Gasteiger partial charge >= 0.3 is 0 Å². The molecular weight excluding hydrogens is 276 g/mol. The van der Waals surface area contributed by atoms with Crippen molar-refractivity contribution in [2.24, 2.45) is 0 Å². The van der Waals surface area contributed by atoms with Crippen molar-refractivity contribution in [2.45, 2.75) is 38.1 Å². The van der Waals surface area contributed by atoms with E-state index in [9.17, 15) is 8.42 Å². The molecule has 1 fully saturated rings. The highest BCUT2D eigenvalue weighted by Crippen LogP contribution is 2.30. The van der Waals surface area contributed by atoms with Crippen LogP contribution in [0.2, 0.25) is 0 Å². The zero-order valence-electron chi connectivity index (χ0n) is 12.2. The number of rotatable bonds is 3. The fraction of sp³-hybridized carbons (Fsp3) is 0.571. The van der Waals surface area contributed by atoms with Gasteiger partial charge in [-0.25, -0.2) is 8.42 Å². The first-order valence-electron chi connectivity index (χ1n) is 6.84. The normalized spacial score (nSPS) is 21.1. The van der Waals surface area contributed by atoms with Gasteiger partial charge in [-0.15, -0.1) is 0 Å². The van der Waals surface area contributed by atoms with E-state index in [1.165, 1.54) is 0 Å². The maximum Gasteiger partial charge on any atom is 0.244 e. The average molecular weight is 298 g/mol. The SMILES string of the molecule is CCC1COCCN1S(=O)(=O)c1c(C)ccc(N)c1C. The number of sulfonamides is 1. The van der Waals surface area contributed by atoms with Crippen LogP contribution in [0.15, 0.2) is 17.0 Å². The lowest BCUT2D eigenvalue weighted by Crippen LogP contribution is -2.48. The van der Waals surface area contributed by atoms with Crippen molar-refractivity contribution in [1.29, 1.82) is 0 Å². The van der Waals surface area contributed by atoms with Crippen LogP contribution in [-0.4, -0.2) is 38.5 Å². The lowest BCUT2D eigenvalue weighted by molar-refractivity contribution is 0.0314. The minimum atomic E-state index is -3.53. The highest BCUT2D eigenvalue weighted by molar-refractivity contribution is 7.89. The Bertz CT molecular complexity index is 599. The maximum atomic E-state index is 13.0. The quantitative estimate of drug-likeness (QED) is 0.862. The zero-order chi connectivity index (χ0) is 14.9. The molecule has 1 aromatic rings. The first kappa shape index (κ1) is 15.3. The first-order chi connectivity index (χ1) is 9.39. The fourth-order valence-electron chi connectivity index (χ4n) is 2.63. The van der Waals surface area contributed by atoms with Gasteiger partial charge in [0, 0.05) is 18.3 Å². The monoisotopic (exact) mass is 298 g/mol. The molecule has 2 N–H and O–H groups in total. The van der Waals surface area contributed by atoms with E-state index in [4.69, 9.17) is 10.5 Å². The summed E-state index contributed by atoms with van der Waals surface area (Å²) < 4.78 is 32.9.